The smallest absolute Gasteiger partial charge is 0.411 e. The zero-order valence-corrected chi connectivity index (χ0v) is 19.3. The van der Waals surface area contributed by atoms with E-state index in [1.165, 1.54) is 18.3 Å². The van der Waals surface area contributed by atoms with Crippen molar-refractivity contribution in [2.75, 3.05) is 10.8 Å². The molecule has 0 spiro atoms. The summed E-state index contributed by atoms with van der Waals surface area (Å²) in [6.45, 7) is 1.91. The Hall–Kier alpha value is -3.92. The van der Waals surface area contributed by atoms with Crippen LogP contribution in [-0.4, -0.2) is 28.1 Å². The Morgan fingerprint density at radius 1 is 1.03 bits per heavy atom. The van der Waals surface area contributed by atoms with Crippen LogP contribution in [0.15, 0.2) is 93.6 Å². The van der Waals surface area contributed by atoms with Gasteiger partial charge in [0.2, 0.25) is 5.89 Å². The molecular weight excluding hydrogens is 477 g/mol. The highest BCUT2D eigenvalue weighted by Gasteiger charge is 2.31. The number of aromatic nitrogens is 2. The summed E-state index contributed by atoms with van der Waals surface area (Å²) >= 11 is 0.977. The Morgan fingerprint density at radius 2 is 1.77 bits per heavy atom. The topological polar surface area (TPSA) is 71.6 Å². The van der Waals surface area contributed by atoms with Gasteiger partial charge in [-0.3, -0.25) is 4.79 Å². The van der Waals surface area contributed by atoms with Gasteiger partial charge in [-0.15, -0.1) is 10.2 Å². The molecule has 0 unspecified atom stereocenters. The molecule has 35 heavy (non-hydrogen) atoms. The maximum atomic E-state index is 13.2. The van der Waals surface area contributed by atoms with Gasteiger partial charge in [0.1, 0.15) is 0 Å². The van der Waals surface area contributed by atoms with E-state index in [-0.39, 0.29) is 16.7 Å². The van der Waals surface area contributed by atoms with Gasteiger partial charge < -0.3 is 4.42 Å². The van der Waals surface area contributed by atoms with E-state index in [4.69, 9.17) is 4.42 Å². The van der Waals surface area contributed by atoms with Crippen LogP contribution in [0.2, 0.25) is 0 Å². The Labute approximate surface area is 203 Å². The average molecular weight is 497 g/mol. The van der Waals surface area contributed by atoms with Crippen molar-refractivity contribution in [3.8, 4) is 11.5 Å². The minimum absolute atomic E-state index is 0.0104. The number of alkyl halides is 3. The van der Waals surface area contributed by atoms with Crippen LogP contribution in [0.1, 0.15) is 16.7 Å². The number of amides is 1. The number of anilines is 1. The van der Waals surface area contributed by atoms with Crippen LogP contribution in [0.5, 0.6) is 0 Å². The summed E-state index contributed by atoms with van der Waals surface area (Å²) in [5.41, 5.74) is 1.52. The van der Waals surface area contributed by atoms with E-state index in [0.717, 1.165) is 40.0 Å². The molecule has 0 aliphatic carbocycles. The van der Waals surface area contributed by atoms with Crippen molar-refractivity contribution in [2.45, 2.75) is 18.3 Å². The second-order valence-corrected chi connectivity index (χ2v) is 8.31. The number of aryl methyl sites for hydroxylation is 1. The molecule has 0 radical (unpaired) electrons. The average Bonchev–Trinajstić information content (AvgIpc) is 3.32. The molecular formula is C25H19F3N4O2S. The van der Waals surface area contributed by atoms with Crippen molar-refractivity contribution in [1.82, 2.24) is 10.2 Å². The van der Waals surface area contributed by atoms with Gasteiger partial charge in [-0.1, -0.05) is 66.4 Å². The largest absolute Gasteiger partial charge is 0.416 e. The number of carbonyl (C=O) groups excluding carboxylic acids is 1. The highest BCUT2D eigenvalue weighted by molar-refractivity contribution is 7.99. The van der Waals surface area contributed by atoms with Crippen molar-refractivity contribution < 1.29 is 22.4 Å². The summed E-state index contributed by atoms with van der Waals surface area (Å²) in [5, 5.41) is 13.3. The van der Waals surface area contributed by atoms with Gasteiger partial charge in [-0.05, 0) is 42.3 Å². The molecule has 0 aliphatic rings. The molecule has 4 aromatic rings. The second-order valence-electron chi connectivity index (χ2n) is 7.39. The molecule has 10 heteroatoms. The monoisotopic (exact) mass is 496 g/mol. The number of thioether (sulfide) groups is 1. The van der Waals surface area contributed by atoms with Crippen LogP contribution in [0.3, 0.4) is 0 Å². The van der Waals surface area contributed by atoms with Gasteiger partial charge in [-0.2, -0.15) is 18.3 Å². The molecule has 0 saturated carbocycles. The van der Waals surface area contributed by atoms with Gasteiger partial charge in [0, 0.05) is 5.56 Å². The summed E-state index contributed by atoms with van der Waals surface area (Å²) in [4.78, 5) is 13.1. The van der Waals surface area contributed by atoms with Gasteiger partial charge in [0.15, 0.2) is 0 Å². The lowest BCUT2D eigenvalue weighted by Gasteiger charge is -2.18. The summed E-state index contributed by atoms with van der Waals surface area (Å²) in [5.74, 6) is -0.426. The summed E-state index contributed by atoms with van der Waals surface area (Å²) in [7, 11) is 0. The lowest BCUT2D eigenvalue weighted by atomic mass is 10.1. The lowest BCUT2D eigenvalue weighted by Crippen LogP contribution is -2.27. The van der Waals surface area contributed by atoms with E-state index >= 15 is 0 Å². The van der Waals surface area contributed by atoms with Gasteiger partial charge in [0.05, 0.1) is 23.2 Å². The van der Waals surface area contributed by atoms with E-state index in [1.807, 2.05) is 37.3 Å². The first-order chi connectivity index (χ1) is 16.8. The second kappa shape index (κ2) is 10.6. The summed E-state index contributed by atoms with van der Waals surface area (Å²) in [6.07, 6.45) is -3.15. The molecule has 178 valence electrons. The molecule has 4 rings (SSSR count). The molecule has 1 amide bonds. The molecule has 0 fully saturated rings. The Morgan fingerprint density at radius 3 is 2.51 bits per heavy atom. The Balaban J connectivity index is 1.55. The molecule has 6 nitrogen and oxygen atoms in total. The van der Waals surface area contributed by atoms with Crippen LogP contribution in [0.25, 0.3) is 11.5 Å². The molecule has 0 aliphatic heterocycles. The normalized spacial score (nSPS) is 11.7. The molecule has 3 aromatic carbocycles. The number of halogens is 3. The van der Waals surface area contributed by atoms with Crippen molar-refractivity contribution >= 4 is 29.6 Å². The SMILES string of the molecule is Cc1ccccc1-c1nnc(SCC(=O)N(/N=C/c2ccccc2)c2cccc(C(F)(F)F)c2)o1. The van der Waals surface area contributed by atoms with Crippen molar-refractivity contribution in [3.63, 3.8) is 0 Å². The Kier molecular flexibility index (Phi) is 7.31. The fourth-order valence-corrected chi connectivity index (χ4v) is 3.73. The molecule has 0 bridgehead atoms. The van der Waals surface area contributed by atoms with E-state index in [1.54, 1.807) is 24.3 Å². The molecule has 0 N–H and O–H groups in total. The van der Waals surface area contributed by atoms with Crippen LogP contribution >= 0.6 is 11.8 Å². The quantitative estimate of drug-likeness (QED) is 0.173. The number of carbonyl (C=O) groups is 1. The lowest BCUT2D eigenvalue weighted by molar-refractivity contribution is -0.137. The summed E-state index contributed by atoms with van der Waals surface area (Å²) in [6, 6.07) is 20.9. The predicted octanol–water partition coefficient (Wildman–Crippen LogP) is 6.22. The van der Waals surface area contributed by atoms with Gasteiger partial charge in [-0.25, -0.2) is 5.01 Å². The molecule has 0 saturated heterocycles. The number of hydrogen-bond donors (Lipinski definition) is 0. The summed E-state index contributed by atoms with van der Waals surface area (Å²) < 4.78 is 45.4. The van der Waals surface area contributed by atoms with E-state index in [2.05, 4.69) is 15.3 Å². The number of nitrogens with zero attached hydrogens (tertiary/aromatic N) is 4. The third-order valence-corrected chi connectivity index (χ3v) is 5.68. The number of hydrogen-bond acceptors (Lipinski definition) is 6. The first-order valence-corrected chi connectivity index (χ1v) is 11.4. The molecule has 0 atom stereocenters. The van der Waals surface area contributed by atoms with Crippen molar-refractivity contribution in [3.05, 3.63) is 95.6 Å². The van der Waals surface area contributed by atoms with Crippen LogP contribution in [0, 0.1) is 6.92 Å². The predicted molar refractivity (Wildman–Crippen MR) is 128 cm³/mol. The van der Waals surface area contributed by atoms with Crippen LogP contribution in [-0.2, 0) is 11.0 Å². The highest BCUT2D eigenvalue weighted by Crippen LogP contribution is 2.32. The van der Waals surface area contributed by atoms with E-state index in [9.17, 15) is 18.0 Å². The van der Waals surface area contributed by atoms with Crippen LogP contribution < -0.4 is 5.01 Å². The van der Waals surface area contributed by atoms with Crippen molar-refractivity contribution in [1.29, 1.82) is 0 Å². The zero-order valence-electron chi connectivity index (χ0n) is 18.4. The maximum absolute atomic E-state index is 13.2. The first kappa shape index (κ1) is 24.2. The standard InChI is InChI=1S/C25H19F3N4O2S/c1-17-8-5-6-13-21(17)23-30-31-24(34-23)35-16-22(33)32(29-15-18-9-3-2-4-10-18)20-12-7-11-19(14-20)25(26,27)28/h2-15H,16H2,1H3/b29-15+. The molecule has 1 heterocycles. The molecule has 1 aromatic heterocycles. The highest BCUT2D eigenvalue weighted by atomic mass is 32.2. The maximum Gasteiger partial charge on any atom is 0.416 e. The minimum Gasteiger partial charge on any atom is -0.411 e. The van der Waals surface area contributed by atoms with Gasteiger partial charge in [0.25, 0.3) is 11.1 Å². The first-order valence-electron chi connectivity index (χ1n) is 10.4. The minimum atomic E-state index is -4.56. The third kappa shape index (κ3) is 6.15. The fourth-order valence-electron chi connectivity index (χ4n) is 3.13. The van der Waals surface area contributed by atoms with Crippen LogP contribution in [0.4, 0.5) is 18.9 Å². The number of benzene rings is 3. The fraction of sp³-hybridized carbons (Fsp3) is 0.120. The number of hydrazone groups is 1. The zero-order chi connectivity index (χ0) is 24.8. The number of rotatable bonds is 7. The Bertz CT molecular complexity index is 1340. The van der Waals surface area contributed by atoms with Crippen molar-refractivity contribution in [2.24, 2.45) is 5.10 Å². The van der Waals surface area contributed by atoms with Gasteiger partial charge >= 0.3 is 6.18 Å². The van der Waals surface area contributed by atoms with E-state index < -0.39 is 17.6 Å². The third-order valence-electron chi connectivity index (χ3n) is 4.88. The van der Waals surface area contributed by atoms with E-state index in [0.29, 0.717) is 11.5 Å².